The molecule has 0 radical (unpaired) electrons. The van der Waals surface area contributed by atoms with Crippen LogP contribution in [0.15, 0.2) is 18.6 Å². The predicted octanol–water partition coefficient (Wildman–Crippen LogP) is 1.99. The molecule has 2 aromatic rings. The maximum absolute atomic E-state index is 4.45. The van der Waals surface area contributed by atoms with Gasteiger partial charge < -0.3 is 5.32 Å². The molecule has 2 rings (SSSR count). The van der Waals surface area contributed by atoms with Gasteiger partial charge in [-0.2, -0.15) is 5.10 Å². The molecule has 0 spiro atoms. The third-order valence-corrected chi connectivity index (χ3v) is 2.54. The molecule has 0 saturated carbocycles. The molecule has 5 heteroatoms. The first-order chi connectivity index (χ1) is 8.11. The molecule has 0 fully saturated rings. The predicted molar refractivity (Wildman–Crippen MR) is 68.5 cm³/mol. The van der Waals surface area contributed by atoms with Crippen molar-refractivity contribution < 1.29 is 0 Å². The second kappa shape index (κ2) is 4.61. The van der Waals surface area contributed by atoms with Crippen molar-refractivity contribution in [2.75, 3.05) is 5.32 Å². The molecular weight excluding hydrogens is 214 g/mol. The molecule has 0 amide bonds. The van der Waals surface area contributed by atoms with Crippen LogP contribution in [-0.2, 0) is 13.5 Å². The number of aromatic nitrogens is 4. The molecule has 1 N–H and O–H groups in total. The van der Waals surface area contributed by atoms with E-state index in [4.69, 9.17) is 0 Å². The summed E-state index contributed by atoms with van der Waals surface area (Å²) in [6.45, 7) is 6.31. The molecule has 2 heterocycles. The van der Waals surface area contributed by atoms with E-state index in [0.717, 1.165) is 23.8 Å². The lowest BCUT2D eigenvalue weighted by Gasteiger charge is -2.11. The summed E-state index contributed by atoms with van der Waals surface area (Å²) in [5, 5.41) is 7.77. The summed E-state index contributed by atoms with van der Waals surface area (Å²) in [4.78, 5) is 4.33. The molecule has 0 aromatic carbocycles. The monoisotopic (exact) mass is 233 g/mol. The number of nitrogens with zero attached hydrogens (tertiary/aromatic N) is 4. The highest BCUT2D eigenvalue weighted by Gasteiger charge is 2.12. The fourth-order valence-corrected chi connectivity index (χ4v) is 1.84. The minimum Gasteiger partial charge on any atom is -0.353 e. The van der Waals surface area contributed by atoms with E-state index in [-0.39, 0.29) is 0 Å². The van der Waals surface area contributed by atoms with Gasteiger partial charge >= 0.3 is 0 Å². The summed E-state index contributed by atoms with van der Waals surface area (Å²) in [5.74, 6) is 0.864. The van der Waals surface area contributed by atoms with Crippen molar-refractivity contribution in [3.63, 3.8) is 0 Å². The molecule has 0 atom stereocenters. The highest BCUT2D eigenvalue weighted by Crippen LogP contribution is 2.18. The summed E-state index contributed by atoms with van der Waals surface area (Å²) < 4.78 is 3.89. The van der Waals surface area contributed by atoms with Crippen LogP contribution in [0.25, 0.3) is 5.69 Å². The minimum absolute atomic E-state index is 0.359. The van der Waals surface area contributed by atoms with Crippen LogP contribution < -0.4 is 5.32 Å². The minimum atomic E-state index is 0.359. The van der Waals surface area contributed by atoms with Gasteiger partial charge in [0.25, 0.3) is 0 Å². The zero-order valence-electron chi connectivity index (χ0n) is 10.8. The van der Waals surface area contributed by atoms with Crippen LogP contribution in [0.1, 0.15) is 26.5 Å². The fourth-order valence-electron chi connectivity index (χ4n) is 1.84. The van der Waals surface area contributed by atoms with Gasteiger partial charge in [-0.3, -0.25) is 9.25 Å². The maximum Gasteiger partial charge on any atom is 0.207 e. The normalized spacial score (nSPS) is 11.1. The summed E-state index contributed by atoms with van der Waals surface area (Å²) in [6, 6.07) is 0.359. The number of aryl methyl sites for hydroxylation is 2. The van der Waals surface area contributed by atoms with Gasteiger partial charge in [0.05, 0.1) is 11.4 Å². The first-order valence-electron chi connectivity index (χ1n) is 5.94. The smallest absolute Gasteiger partial charge is 0.207 e. The molecule has 5 nitrogen and oxygen atoms in total. The Balaban J connectivity index is 2.42. The van der Waals surface area contributed by atoms with Crippen molar-refractivity contribution in [1.29, 1.82) is 0 Å². The molecule has 0 bridgehead atoms. The summed E-state index contributed by atoms with van der Waals surface area (Å²) in [5.41, 5.74) is 2.17. The number of hydrogen-bond acceptors (Lipinski definition) is 3. The zero-order valence-corrected chi connectivity index (χ0v) is 10.8. The van der Waals surface area contributed by atoms with E-state index in [0.29, 0.717) is 6.04 Å². The van der Waals surface area contributed by atoms with E-state index in [2.05, 4.69) is 36.2 Å². The Kier molecular flexibility index (Phi) is 3.17. The van der Waals surface area contributed by atoms with Gasteiger partial charge in [-0.1, -0.05) is 6.92 Å². The van der Waals surface area contributed by atoms with Crippen LogP contribution in [0.3, 0.4) is 0 Å². The van der Waals surface area contributed by atoms with Crippen LogP contribution in [0.5, 0.6) is 0 Å². The second-order valence-corrected chi connectivity index (χ2v) is 4.41. The lowest BCUT2D eigenvalue weighted by molar-refractivity contribution is 0.746. The molecule has 0 aliphatic rings. The summed E-state index contributed by atoms with van der Waals surface area (Å²) in [7, 11) is 1.94. The van der Waals surface area contributed by atoms with Crippen molar-refractivity contribution in [2.45, 2.75) is 33.2 Å². The quantitative estimate of drug-likeness (QED) is 0.878. The Morgan fingerprint density at radius 2 is 2.18 bits per heavy atom. The third kappa shape index (κ3) is 2.33. The van der Waals surface area contributed by atoms with Crippen LogP contribution in [0, 0.1) is 0 Å². The zero-order chi connectivity index (χ0) is 12.4. The Hall–Kier alpha value is -1.78. The first-order valence-corrected chi connectivity index (χ1v) is 5.94. The molecule has 92 valence electrons. The van der Waals surface area contributed by atoms with Gasteiger partial charge in [-0.15, -0.1) is 0 Å². The van der Waals surface area contributed by atoms with E-state index in [1.165, 1.54) is 0 Å². The number of hydrogen-bond donors (Lipinski definition) is 1. The largest absolute Gasteiger partial charge is 0.353 e. The Morgan fingerprint density at radius 3 is 2.82 bits per heavy atom. The number of nitrogens with one attached hydrogen (secondary N) is 1. The standard InChI is InChI=1S/C12H19N5/c1-5-10-11(8-16(4)15-10)17-7-6-13-12(17)14-9(2)3/h6-9H,5H2,1-4H3,(H,13,14). The van der Waals surface area contributed by atoms with Crippen molar-refractivity contribution in [1.82, 2.24) is 19.3 Å². The van der Waals surface area contributed by atoms with Crippen molar-refractivity contribution in [3.05, 3.63) is 24.3 Å². The van der Waals surface area contributed by atoms with Crippen molar-refractivity contribution in [2.24, 2.45) is 7.05 Å². The summed E-state index contributed by atoms with van der Waals surface area (Å²) >= 11 is 0. The van der Waals surface area contributed by atoms with Gasteiger partial charge in [0.2, 0.25) is 5.95 Å². The van der Waals surface area contributed by atoms with Gasteiger partial charge in [0.15, 0.2) is 0 Å². The lowest BCUT2D eigenvalue weighted by atomic mass is 10.3. The molecule has 0 aliphatic heterocycles. The van der Waals surface area contributed by atoms with Gasteiger partial charge in [0.1, 0.15) is 0 Å². The molecule has 0 saturated heterocycles. The lowest BCUT2D eigenvalue weighted by Crippen LogP contribution is -2.14. The molecule has 2 aromatic heterocycles. The van der Waals surface area contributed by atoms with E-state index in [9.17, 15) is 0 Å². The molecule has 0 aliphatic carbocycles. The maximum atomic E-state index is 4.45. The molecular formula is C12H19N5. The van der Waals surface area contributed by atoms with Gasteiger partial charge in [0, 0.05) is 31.7 Å². The van der Waals surface area contributed by atoms with E-state index in [1.807, 2.05) is 28.7 Å². The van der Waals surface area contributed by atoms with E-state index in [1.54, 1.807) is 6.20 Å². The fraction of sp³-hybridized carbons (Fsp3) is 0.500. The van der Waals surface area contributed by atoms with Crippen molar-refractivity contribution >= 4 is 5.95 Å². The average Bonchev–Trinajstić information content (AvgIpc) is 2.83. The van der Waals surface area contributed by atoms with Crippen LogP contribution >= 0.6 is 0 Å². The Bertz CT molecular complexity index is 495. The van der Waals surface area contributed by atoms with Crippen molar-refractivity contribution in [3.8, 4) is 5.69 Å². The van der Waals surface area contributed by atoms with Crippen LogP contribution in [0.4, 0.5) is 5.95 Å². The van der Waals surface area contributed by atoms with Crippen LogP contribution in [0.2, 0.25) is 0 Å². The molecule has 17 heavy (non-hydrogen) atoms. The van der Waals surface area contributed by atoms with E-state index >= 15 is 0 Å². The van der Waals surface area contributed by atoms with Gasteiger partial charge in [-0.25, -0.2) is 4.98 Å². The SMILES string of the molecule is CCc1nn(C)cc1-n1ccnc1NC(C)C. The Morgan fingerprint density at radius 1 is 1.41 bits per heavy atom. The molecule has 0 unspecified atom stereocenters. The van der Waals surface area contributed by atoms with E-state index < -0.39 is 0 Å². The highest BCUT2D eigenvalue weighted by molar-refractivity contribution is 5.44. The van der Waals surface area contributed by atoms with Crippen LogP contribution in [-0.4, -0.2) is 25.4 Å². The summed E-state index contributed by atoms with van der Waals surface area (Å²) in [6.07, 6.45) is 6.69. The highest BCUT2D eigenvalue weighted by atomic mass is 15.3. The first kappa shape index (κ1) is 11.7. The second-order valence-electron chi connectivity index (χ2n) is 4.41. The number of rotatable bonds is 4. The third-order valence-electron chi connectivity index (χ3n) is 2.54. The number of anilines is 1. The Labute approximate surface area is 101 Å². The van der Waals surface area contributed by atoms with Gasteiger partial charge in [-0.05, 0) is 20.3 Å². The topological polar surface area (TPSA) is 47.7 Å². The number of imidazole rings is 1. The average molecular weight is 233 g/mol.